The minimum absolute atomic E-state index is 0.0615. The van der Waals surface area contributed by atoms with E-state index in [2.05, 4.69) is 20.3 Å². The molecule has 1 heterocycles. The molecule has 3 aromatic rings. The van der Waals surface area contributed by atoms with Gasteiger partial charge in [0.05, 0.1) is 12.9 Å². The minimum atomic E-state index is -2.94. The number of aryl methyl sites for hydroxylation is 1. The Morgan fingerprint density at radius 2 is 1.97 bits per heavy atom. The molecule has 1 amide bonds. The quantitative estimate of drug-likeness (QED) is 0.519. The van der Waals surface area contributed by atoms with Crippen molar-refractivity contribution in [3.05, 3.63) is 59.9 Å². The molecule has 158 valence electrons. The first-order valence-corrected chi connectivity index (χ1v) is 9.93. The van der Waals surface area contributed by atoms with Gasteiger partial charge < -0.3 is 14.8 Å². The van der Waals surface area contributed by atoms with Gasteiger partial charge >= 0.3 is 6.61 Å². The molecule has 1 aromatic heterocycles. The van der Waals surface area contributed by atoms with Gasteiger partial charge in [0.1, 0.15) is 6.33 Å². The molecule has 0 fully saturated rings. The van der Waals surface area contributed by atoms with E-state index in [0.29, 0.717) is 10.7 Å². The number of rotatable bonds is 9. The lowest BCUT2D eigenvalue weighted by atomic mass is 10.2. The number of carbonyl (C=O) groups is 1. The van der Waals surface area contributed by atoms with E-state index in [1.54, 1.807) is 18.5 Å². The molecule has 30 heavy (non-hydrogen) atoms. The molecule has 0 unspecified atom stereocenters. The summed E-state index contributed by atoms with van der Waals surface area (Å²) in [5.74, 6) is 0.0513. The number of methoxy groups -OCH3 is 1. The molecular formula is C20H20F2N4O3S. The Morgan fingerprint density at radius 3 is 2.67 bits per heavy atom. The zero-order valence-electron chi connectivity index (χ0n) is 16.3. The Hall–Kier alpha value is -3.14. The number of nitrogens with one attached hydrogen (secondary N) is 1. The second-order valence-corrected chi connectivity index (χ2v) is 7.19. The van der Waals surface area contributed by atoms with E-state index in [-0.39, 0.29) is 29.7 Å². The van der Waals surface area contributed by atoms with Crippen molar-refractivity contribution >= 4 is 17.7 Å². The van der Waals surface area contributed by atoms with Crippen LogP contribution in [0.1, 0.15) is 11.1 Å². The van der Waals surface area contributed by atoms with Crippen LogP contribution in [0.3, 0.4) is 0 Å². The van der Waals surface area contributed by atoms with Crippen molar-refractivity contribution in [3.8, 4) is 17.2 Å². The zero-order valence-corrected chi connectivity index (χ0v) is 17.2. The summed E-state index contributed by atoms with van der Waals surface area (Å²) < 4.78 is 36.1. The van der Waals surface area contributed by atoms with Crippen molar-refractivity contribution < 1.29 is 23.0 Å². The van der Waals surface area contributed by atoms with Crippen molar-refractivity contribution in [2.45, 2.75) is 25.2 Å². The molecular weight excluding hydrogens is 414 g/mol. The van der Waals surface area contributed by atoms with Gasteiger partial charge in [-0.3, -0.25) is 9.36 Å². The Balaban J connectivity index is 1.55. The van der Waals surface area contributed by atoms with Crippen LogP contribution in [0.2, 0.25) is 0 Å². The number of halogens is 2. The number of amides is 1. The van der Waals surface area contributed by atoms with Gasteiger partial charge in [0, 0.05) is 12.2 Å². The normalized spacial score (nSPS) is 10.8. The first-order chi connectivity index (χ1) is 14.5. The van der Waals surface area contributed by atoms with Crippen molar-refractivity contribution in [3.63, 3.8) is 0 Å². The summed E-state index contributed by atoms with van der Waals surface area (Å²) in [6.07, 6.45) is 1.60. The maximum atomic E-state index is 12.4. The topological polar surface area (TPSA) is 78.3 Å². The molecule has 0 saturated carbocycles. The van der Waals surface area contributed by atoms with Crippen molar-refractivity contribution in [1.82, 2.24) is 20.1 Å². The Labute approximate surface area is 176 Å². The lowest BCUT2D eigenvalue weighted by Gasteiger charge is -2.12. The second-order valence-electron chi connectivity index (χ2n) is 6.25. The monoisotopic (exact) mass is 434 g/mol. The first kappa shape index (κ1) is 21.6. The number of benzene rings is 2. The summed E-state index contributed by atoms with van der Waals surface area (Å²) in [6.45, 7) is -0.719. The highest BCUT2D eigenvalue weighted by Crippen LogP contribution is 2.29. The average Bonchev–Trinajstić information content (AvgIpc) is 3.20. The number of alkyl halides is 2. The van der Waals surface area contributed by atoms with Crippen molar-refractivity contribution in [1.29, 1.82) is 0 Å². The molecule has 7 nitrogen and oxygen atoms in total. The predicted octanol–water partition coefficient (Wildman–Crippen LogP) is 3.59. The minimum Gasteiger partial charge on any atom is -0.493 e. The third-order valence-corrected chi connectivity index (χ3v) is 5.04. The Kier molecular flexibility index (Phi) is 7.23. The number of thioether (sulfide) groups is 1. The summed E-state index contributed by atoms with van der Waals surface area (Å²) in [7, 11) is 1.36. The van der Waals surface area contributed by atoms with Crippen LogP contribution >= 0.6 is 11.8 Å². The highest BCUT2D eigenvalue weighted by atomic mass is 32.2. The molecule has 0 bridgehead atoms. The van der Waals surface area contributed by atoms with Crippen LogP contribution in [0.25, 0.3) is 5.69 Å². The highest BCUT2D eigenvalue weighted by Gasteiger charge is 2.13. The van der Waals surface area contributed by atoms with Crippen LogP contribution in [0.4, 0.5) is 8.78 Å². The average molecular weight is 434 g/mol. The van der Waals surface area contributed by atoms with Gasteiger partial charge in [-0.25, -0.2) is 0 Å². The number of nitrogens with zero attached hydrogens (tertiary/aromatic N) is 3. The lowest BCUT2D eigenvalue weighted by Crippen LogP contribution is -2.24. The van der Waals surface area contributed by atoms with E-state index >= 15 is 0 Å². The molecule has 3 rings (SSSR count). The number of aromatic nitrogens is 3. The Morgan fingerprint density at radius 1 is 1.20 bits per heavy atom. The van der Waals surface area contributed by atoms with Crippen LogP contribution < -0.4 is 14.8 Å². The number of hydrogen-bond donors (Lipinski definition) is 1. The van der Waals surface area contributed by atoms with Gasteiger partial charge in [0.2, 0.25) is 5.91 Å². The van der Waals surface area contributed by atoms with Gasteiger partial charge in [-0.15, -0.1) is 10.2 Å². The van der Waals surface area contributed by atoms with Crippen molar-refractivity contribution in [2.24, 2.45) is 0 Å². The third-order valence-electron chi connectivity index (χ3n) is 4.09. The predicted molar refractivity (Wildman–Crippen MR) is 108 cm³/mol. The van der Waals surface area contributed by atoms with Gasteiger partial charge in [-0.05, 0) is 36.8 Å². The molecule has 2 aromatic carbocycles. The van der Waals surface area contributed by atoms with Crippen LogP contribution in [-0.4, -0.2) is 40.1 Å². The summed E-state index contributed by atoms with van der Waals surface area (Å²) >= 11 is 1.26. The van der Waals surface area contributed by atoms with E-state index in [0.717, 1.165) is 11.3 Å². The number of hydrogen-bond acceptors (Lipinski definition) is 6. The number of ether oxygens (including phenoxy) is 2. The molecule has 0 aliphatic carbocycles. The molecule has 0 atom stereocenters. The van der Waals surface area contributed by atoms with Gasteiger partial charge in [-0.2, -0.15) is 8.78 Å². The molecule has 0 saturated heterocycles. The van der Waals surface area contributed by atoms with Crippen LogP contribution in [0.5, 0.6) is 11.5 Å². The van der Waals surface area contributed by atoms with Crippen LogP contribution in [0, 0.1) is 6.92 Å². The smallest absolute Gasteiger partial charge is 0.387 e. The zero-order chi connectivity index (χ0) is 21.5. The van der Waals surface area contributed by atoms with Gasteiger partial charge in [0.25, 0.3) is 0 Å². The maximum Gasteiger partial charge on any atom is 0.387 e. The fourth-order valence-electron chi connectivity index (χ4n) is 2.60. The lowest BCUT2D eigenvalue weighted by molar-refractivity contribution is -0.118. The molecule has 1 N–H and O–H groups in total. The summed E-state index contributed by atoms with van der Waals surface area (Å²) in [6, 6.07) is 12.4. The number of carbonyl (C=O) groups excluding carboxylic acids is 1. The summed E-state index contributed by atoms with van der Waals surface area (Å²) in [4.78, 5) is 12.2. The fourth-order valence-corrected chi connectivity index (χ4v) is 3.36. The molecule has 0 aliphatic rings. The van der Waals surface area contributed by atoms with Crippen LogP contribution in [0.15, 0.2) is 53.9 Å². The van der Waals surface area contributed by atoms with Gasteiger partial charge in [0.15, 0.2) is 16.7 Å². The summed E-state index contributed by atoms with van der Waals surface area (Å²) in [5.41, 5.74) is 2.74. The first-order valence-electron chi connectivity index (χ1n) is 8.94. The second kappa shape index (κ2) is 10.1. The van der Waals surface area contributed by atoms with Gasteiger partial charge in [-0.1, -0.05) is 35.5 Å². The molecule has 10 heteroatoms. The largest absolute Gasteiger partial charge is 0.493 e. The van der Waals surface area contributed by atoms with E-state index in [9.17, 15) is 13.6 Å². The van der Waals surface area contributed by atoms with E-state index < -0.39 is 6.61 Å². The molecule has 0 aliphatic heterocycles. The SMILES string of the molecule is COc1cc(CNC(=O)CSc2nncn2-c2ccc(C)cc2)ccc1OC(F)F. The van der Waals surface area contributed by atoms with E-state index in [4.69, 9.17) is 4.74 Å². The van der Waals surface area contributed by atoms with E-state index in [1.807, 2.05) is 35.8 Å². The molecule has 0 spiro atoms. The standard InChI is InChI=1S/C20H20F2N4O3S/c1-13-3-6-15(7-4-13)26-12-24-25-20(26)30-11-18(27)23-10-14-5-8-16(29-19(21)22)17(9-14)28-2/h3-9,12,19H,10-11H2,1-2H3,(H,23,27). The van der Waals surface area contributed by atoms with E-state index in [1.165, 1.54) is 24.9 Å². The fraction of sp³-hybridized carbons (Fsp3) is 0.250. The third kappa shape index (κ3) is 5.69. The molecule has 0 radical (unpaired) electrons. The highest BCUT2D eigenvalue weighted by molar-refractivity contribution is 7.99. The summed E-state index contributed by atoms with van der Waals surface area (Å²) in [5, 5.41) is 11.4. The van der Waals surface area contributed by atoms with Crippen molar-refractivity contribution in [2.75, 3.05) is 12.9 Å². The van der Waals surface area contributed by atoms with Crippen LogP contribution in [-0.2, 0) is 11.3 Å². The maximum absolute atomic E-state index is 12.4. The Bertz CT molecular complexity index is 996.